The number of phenolic OH excluding ortho intramolecular Hbond substituents is 1. The van der Waals surface area contributed by atoms with Gasteiger partial charge in [0.2, 0.25) is 0 Å². The van der Waals surface area contributed by atoms with E-state index in [-0.39, 0.29) is 23.6 Å². The van der Waals surface area contributed by atoms with Crippen molar-refractivity contribution in [3.8, 4) is 11.5 Å². The van der Waals surface area contributed by atoms with Gasteiger partial charge in [0.25, 0.3) is 11.7 Å². The summed E-state index contributed by atoms with van der Waals surface area (Å²) in [7, 11) is 0. The summed E-state index contributed by atoms with van der Waals surface area (Å²) < 4.78 is 5.50. The van der Waals surface area contributed by atoms with Crippen LogP contribution in [0.3, 0.4) is 0 Å². The Morgan fingerprint density at radius 2 is 1.88 bits per heavy atom. The second kappa shape index (κ2) is 9.34. The Morgan fingerprint density at radius 1 is 1.12 bits per heavy atom. The molecule has 1 unspecified atom stereocenters. The van der Waals surface area contributed by atoms with Crippen LogP contribution in [-0.4, -0.2) is 38.4 Å². The second-order valence-electron chi connectivity index (χ2n) is 7.42. The summed E-state index contributed by atoms with van der Waals surface area (Å²) in [5.41, 5.74) is 1.38. The number of carbonyl (C=O) groups is 2. The Bertz CT molecular complexity index is 1230. The molecular weight excluding hydrogens is 444 g/mol. The van der Waals surface area contributed by atoms with Crippen LogP contribution in [0.2, 0.25) is 5.02 Å². The van der Waals surface area contributed by atoms with Crippen molar-refractivity contribution in [2.45, 2.75) is 19.5 Å². The minimum atomic E-state index is -0.876. The first-order chi connectivity index (χ1) is 15.9. The van der Waals surface area contributed by atoms with Crippen molar-refractivity contribution < 1.29 is 24.5 Å². The Labute approximate surface area is 195 Å². The molecule has 1 atom stereocenters. The van der Waals surface area contributed by atoms with Gasteiger partial charge in [0.05, 0.1) is 35.5 Å². The van der Waals surface area contributed by atoms with Crippen molar-refractivity contribution >= 4 is 29.1 Å². The largest absolute Gasteiger partial charge is 0.508 e. The molecule has 3 aromatic rings. The standard InChI is InChI=1S/C25H21ClN2O5/c1-2-33-20-13-16(8-11-19(20)26)23(30)21-22(15-6-9-18(29)10-7-15)28(25(32)24(21)31)14-17-5-3-4-12-27-17/h3-13,22,29-30H,2,14H2,1H3/b23-21-. The van der Waals surface area contributed by atoms with Gasteiger partial charge in [-0.3, -0.25) is 14.6 Å². The van der Waals surface area contributed by atoms with Crippen LogP contribution in [0.15, 0.2) is 72.4 Å². The third-order valence-electron chi connectivity index (χ3n) is 5.31. The Morgan fingerprint density at radius 3 is 2.55 bits per heavy atom. The van der Waals surface area contributed by atoms with Crippen LogP contribution in [0, 0.1) is 0 Å². The summed E-state index contributed by atoms with van der Waals surface area (Å²) in [6, 6.07) is 15.2. The number of carbonyl (C=O) groups excluding carboxylic acids is 2. The maximum atomic E-state index is 13.1. The Hall–Kier alpha value is -3.84. The summed E-state index contributed by atoms with van der Waals surface area (Å²) in [5.74, 6) is -1.51. The summed E-state index contributed by atoms with van der Waals surface area (Å²) in [6.45, 7) is 2.24. The normalized spacial score (nSPS) is 17.4. The molecule has 1 aromatic heterocycles. The number of rotatable bonds is 6. The molecule has 0 saturated carbocycles. The fourth-order valence-corrected chi connectivity index (χ4v) is 3.96. The molecule has 0 radical (unpaired) electrons. The van der Waals surface area contributed by atoms with Crippen molar-refractivity contribution in [1.82, 2.24) is 9.88 Å². The minimum absolute atomic E-state index is 0.0412. The fourth-order valence-electron chi connectivity index (χ4n) is 3.78. The number of halogens is 1. The lowest BCUT2D eigenvalue weighted by atomic mass is 9.95. The van der Waals surface area contributed by atoms with E-state index >= 15 is 0 Å². The molecule has 33 heavy (non-hydrogen) atoms. The molecule has 2 aromatic carbocycles. The topological polar surface area (TPSA) is 100.0 Å². The van der Waals surface area contributed by atoms with E-state index in [9.17, 15) is 19.8 Å². The highest BCUT2D eigenvalue weighted by atomic mass is 35.5. The number of aliphatic hydroxyl groups excluding tert-OH is 1. The number of likely N-dealkylation sites (tertiary alicyclic amines) is 1. The van der Waals surface area contributed by atoms with E-state index in [0.29, 0.717) is 34.2 Å². The van der Waals surface area contributed by atoms with Crippen LogP contribution in [0.1, 0.15) is 29.8 Å². The lowest BCUT2D eigenvalue weighted by molar-refractivity contribution is -0.140. The minimum Gasteiger partial charge on any atom is -0.508 e. The maximum Gasteiger partial charge on any atom is 0.296 e. The number of phenols is 1. The number of Topliss-reactive ketones (excluding diaryl/α,β-unsaturated/α-hetero) is 1. The molecule has 8 heteroatoms. The fraction of sp³-hybridized carbons (Fsp3) is 0.160. The van der Waals surface area contributed by atoms with Crippen molar-refractivity contribution in [3.05, 3.63) is 94.3 Å². The summed E-state index contributed by atoms with van der Waals surface area (Å²) in [5, 5.41) is 21.3. The third-order valence-corrected chi connectivity index (χ3v) is 5.62. The molecule has 1 fully saturated rings. The number of aromatic nitrogens is 1. The first kappa shape index (κ1) is 22.4. The summed E-state index contributed by atoms with van der Waals surface area (Å²) in [6.07, 6.45) is 1.60. The Kier molecular flexibility index (Phi) is 6.33. The van der Waals surface area contributed by atoms with Gasteiger partial charge < -0.3 is 19.8 Å². The molecule has 1 aliphatic heterocycles. The lowest BCUT2D eigenvalue weighted by Gasteiger charge is -2.25. The smallest absolute Gasteiger partial charge is 0.296 e. The highest BCUT2D eigenvalue weighted by Gasteiger charge is 2.46. The number of aliphatic hydroxyl groups is 1. The molecule has 7 nitrogen and oxygen atoms in total. The number of pyridine rings is 1. The van der Waals surface area contributed by atoms with Crippen LogP contribution in [0.4, 0.5) is 0 Å². The number of hydrogen-bond acceptors (Lipinski definition) is 6. The zero-order valence-electron chi connectivity index (χ0n) is 17.7. The number of benzene rings is 2. The molecule has 0 bridgehead atoms. The van der Waals surface area contributed by atoms with Crippen LogP contribution < -0.4 is 4.74 Å². The number of aromatic hydroxyl groups is 1. The molecule has 2 heterocycles. The van der Waals surface area contributed by atoms with E-state index in [1.165, 1.54) is 23.1 Å². The zero-order valence-corrected chi connectivity index (χ0v) is 18.5. The van der Waals surface area contributed by atoms with E-state index in [0.717, 1.165) is 0 Å². The number of ether oxygens (including phenoxy) is 1. The van der Waals surface area contributed by atoms with Crippen molar-refractivity contribution in [2.75, 3.05) is 6.61 Å². The average Bonchev–Trinajstić information content (AvgIpc) is 3.06. The van der Waals surface area contributed by atoms with E-state index in [1.54, 1.807) is 55.6 Å². The van der Waals surface area contributed by atoms with Crippen LogP contribution in [0.25, 0.3) is 5.76 Å². The van der Waals surface area contributed by atoms with Crippen LogP contribution >= 0.6 is 11.6 Å². The highest BCUT2D eigenvalue weighted by molar-refractivity contribution is 6.46. The number of ketones is 1. The van der Waals surface area contributed by atoms with Gasteiger partial charge in [-0.15, -0.1) is 0 Å². The van der Waals surface area contributed by atoms with E-state index < -0.39 is 17.7 Å². The first-order valence-electron chi connectivity index (χ1n) is 10.3. The maximum absolute atomic E-state index is 13.1. The molecule has 2 N–H and O–H groups in total. The number of nitrogens with zero attached hydrogens (tertiary/aromatic N) is 2. The van der Waals surface area contributed by atoms with Gasteiger partial charge in [-0.25, -0.2) is 0 Å². The SMILES string of the molecule is CCOc1cc(/C(O)=C2/C(=O)C(=O)N(Cc3ccccn3)C2c2ccc(O)cc2)ccc1Cl. The van der Waals surface area contributed by atoms with Crippen LogP contribution in [-0.2, 0) is 16.1 Å². The van der Waals surface area contributed by atoms with E-state index in [4.69, 9.17) is 16.3 Å². The van der Waals surface area contributed by atoms with Crippen molar-refractivity contribution in [1.29, 1.82) is 0 Å². The first-order valence-corrected chi connectivity index (χ1v) is 10.7. The molecule has 1 amide bonds. The number of amides is 1. The van der Waals surface area contributed by atoms with Gasteiger partial charge in [0.1, 0.15) is 17.3 Å². The molecular formula is C25H21ClN2O5. The second-order valence-corrected chi connectivity index (χ2v) is 7.83. The van der Waals surface area contributed by atoms with Crippen molar-refractivity contribution in [3.63, 3.8) is 0 Å². The summed E-state index contributed by atoms with van der Waals surface area (Å²) in [4.78, 5) is 31.8. The van der Waals surface area contributed by atoms with Gasteiger partial charge in [-0.05, 0) is 55.0 Å². The van der Waals surface area contributed by atoms with Gasteiger partial charge in [-0.2, -0.15) is 0 Å². The summed E-state index contributed by atoms with van der Waals surface area (Å²) >= 11 is 6.16. The van der Waals surface area contributed by atoms with Gasteiger partial charge >= 0.3 is 0 Å². The van der Waals surface area contributed by atoms with Gasteiger partial charge in [-0.1, -0.05) is 29.8 Å². The lowest BCUT2D eigenvalue weighted by Crippen LogP contribution is -2.29. The van der Waals surface area contributed by atoms with Gasteiger partial charge in [0, 0.05) is 11.8 Å². The molecule has 0 aliphatic carbocycles. The highest BCUT2D eigenvalue weighted by Crippen LogP contribution is 2.41. The predicted octanol–water partition coefficient (Wildman–Crippen LogP) is 4.46. The van der Waals surface area contributed by atoms with E-state index in [1.807, 2.05) is 0 Å². The molecule has 1 saturated heterocycles. The third kappa shape index (κ3) is 4.40. The number of hydrogen-bond donors (Lipinski definition) is 2. The van der Waals surface area contributed by atoms with Crippen LogP contribution in [0.5, 0.6) is 11.5 Å². The van der Waals surface area contributed by atoms with E-state index in [2.05, 4.69) is 4.98 Å². The Balaban J connectivity index is 1.86. The predicted molar refractivity (Wildman–Crippen MR) is 123 cm³/mol. The quantitative estimate of drug-likeness (QED) is 0.317. The van der Waals surface area contributed by atoms with Crippen molar-refractivity contribution in [2.24, 2.45) is 0 Å². The monoisotopic (exact) mass is 464 g/mol. The molecule has 1 aliphatic rings. The zero-order chi connectivity index (χ0) is 23.5. The molecule has 4 rings (SSSR count). The molecule has 168 valence electrons. The average molecular weight is 465 g/mol. The molecule has 0 spiro atoms. The van der Waals surface area contributed by atoms with Gasteiger partial charge in [0.15, 0.2) is 0 Å².